The third kappa shape index (κ3) is 4.98. The molecule has 0 fully saturated rings. The molecule has 2 aliphatic rings. The summed E-state index contributed by atoms with van der Waals surface area (Å²) in [5, 5.41) is 9.56. The Morgan fingerprint density at radius 1 is 1.21 bits per heavy atom. The molecule has 0 heterocycles. The maximum atomic E-state index is 11.7. The quantitative estimate of drug-likeness (QED) is 0.260. The number of hydrogen-bond acceptors (Lipinski definition) is 4. The Labute approximate surface area is 143 Å². The van der Waals surface area contributed by atoms with Gasteiger partial charge in [0.05, 0.1) is 11.8 Å². The van der Waals surface area contributed by atoms with Crippen LogP contribution in [0.25, 0.3) is 0 Å². The largest absolute Gasteiger partial charge is 0.478 e. The van der Waals surface area contributed by atoms with Crippen molar-refractivity contribution in [2.24, 2.45) is 5.92 Å². The van der Waals surface area contributed by atoms with Crippen LogP contribution in [0.15, 0.2) is 35.1 Å². The van der Waals surface area contributed by atoms with Gasteiger partial charge in [0.25, 0.3) is 6.29 Å². The number of ether oxygens (including phenoxy) is 2. The van der Waals surface area contributed by atoms with Crippen molar-refractivity contribution in [2.75, 3.05) is 0 Å². The molecule has 2 rings (SSSR count). The van der Waals surface area contributed by atoms with Crippen molar-refractivity contribution in [1.82, 2.24) is 0 Å². The van der Waals surface area contributed by atoms with Gasteiger partial charge in [-0.25, -0.2) is 4.79 Å². The molecule has 0 spiro atoms. The summed E-state index contributed by atoms with van der Waals surface area (Å²) >= 11 is 0. The summed E-state index contributed by atoms with van der Waals surface area (Å²) in [6, 6.07) is 0. The molecule has 1 N–H and O–H groups in total. The van der Waals surface area contributed by atoms with Gasteiger partial charge in [0.15, 0.2) is 0 Å². The minimum absolute atomic E-state index is 0.0389. The van der Waals surface area contributed by atoms with Crippen LogP contribution >= 0.6 is 0 Å². The van der Waals surface area contributed by atoms with E-state index in [2.05, 4.69) is 0 Å². The summed E-state index contributed by atoms with van der Waals surface area (Å²) in [7, 11) is 0. The number of carbonyl (C=O) groups excluding carboxylic acids is 1. The van der Waals surface area contributed by atoms with Crippen molar-refractivity contribution in [3.8, 4) is 0 Å². The fourth-order valence-electron chi connectivity index (χ4n) is 3.49. The van der Waals surface area contributed by atoms with Crippen LogP contribution in [0, 0.1) is 5.92 Å². The summed E-state index contributed by atoms with van der Waals surface area (Å²) in [5.74, 6) is -1.48. The lowest BCUT2D eigenvalue weighted by Crippen LogP contribution is -2.21. The van der Waals surface area contributed by atoms with E-state index in [4.69, 9.17) is 9.47 Å². The second kappa shape index (κ2) is 8.71. The van der Waals surface area contributed by atoms with Crippen molar-refractivity contribution in [3.05, 3.63) is 35.1 Å². The molecule has 0 saturated heterocycles. The highest BCUT2D eigenvalue weighted by Crippen LogP contribution is 2.40. The molecule has 0 saturated carbocycles. The van der Waals surface area contributed by atoms with Crippen molar-refractivity contribution >= 4 is 11.9 Å². The first kappa shape index (κ1) is 18.3. The van der Waals surface area contributed by atoms with Gasteiger partial charge in [0.2, 0.25) is 0 Å². The van der Waals surface area contributed by atoms with Gasteiger partial charge in [-0.1, -0.05) is 17.2 Å². The second-order valence-electron chi connectivity index (χ2n) is 6.37. The molecule has 2 aliphatic carbocycles. The monoisotopic (exact) mass is 334 g/mol. The zero-order valence-electron chi connectivity index (χ0n) is 14.4. The molecule has 0 aliphatic heterocycles. The number of carboxylic acids is 1. The smallest absolute Gasteiger partial charge is 0.334 e. The summed E-state index contributed by atoms with van der Waals surface area (Å²) in [6.07, 6.45) is 11.0. The normalized spacial score (nSPS) is 22.9. The molecule has 24 heavy (non-hydrogen) atoms. The average Bonchev–Trinajstić information content (AvgIpc) is 2.54. The molecule has 132 valence electrons. The van der Waals surface area contributed by atoms with E-state index >= 15 is 0 Å². The van der Waals surface area contributed by atoms with Crippen LogP contribution in [0.3, 0.4) is 0 Å². The molecule has 2 unspecified atom stereocenters. The SMILES string of the molecule is C/C=C/C(O/C=C(/C(=O)O)C1CCC2=C(CCCC2)C1)OC(C)=O. The third-order valence-electron chi connectivity index (χ3n) is 4.64. The van der Waals surface area contributed by atoms with Crippen molar-refractivity contribution < 1.29 is 24.2 Å². The second-order valence-corrected chi connectivity index (χ2v) is 6.37. The van der Waals surface area contributed by atoms with E-state index < -0.39 is 18.2 Å². The fraction of sp³-hybridized carbons (Fsp3) is 0.579. The highest BCUT2D eigenvalue weighted by molar-refractivity contribution is 5.87. The third-order valence-corrected chi connectivity index (χ3v) is 4.64. The molecular weight excluding hydrogens is 308 g/mol. The van der Waals surface area contributed by atoms with Gasteiger partial charge >= 0.3 is 11.9 Å². The molecule has 0 radical (unpaired) electrons. The van der Waals surface area contributed by atoms with E-state index in [0.29, 0.717) is 0 Å². The zero-order chi connectivity index (χ0) is 17.5. The van der Waals surface area contributed by atoms with Gasteiger partial charge in [0.1, 0.15) is 0 Å². The molecule has 5 heteroatoms. The summed E-state index contributed by atoms with van der Waals surface area (Å²) < 4.78 is 10.4. The lowest BCUT2D eigenvalue weighted by molar-refractivity contribution is -0.159. The maximum absolute atomic E-state index is 11.7. The van der Waals surface area contributed by atoms with E-state index in [1.165, 1.54) is 43.6 Å². The van der Waals surface area contributed by atoms with Gasteiger partial charge in [0, 0.05) is 6.92 Å². The predicted molar refractivity (Wildman–Crippen MR) is 90.0 cm³/mol. The topological polar surface area (TPSA) is 72.8 Å². The standard InChI is InChI=1S/C19H26O5/c1-3-6-18(24-13(2)20)23-12-17(19(21)22)16-10-9-14-7-4-5-8-15(14)11-16/h3,6,12,16,18H,4-5,7-11H2,1-2H3,(H,21,22)/b6-3+,17-12+. The number of carbonyl (C=O) groups is 2. The molecule has 0 aromatic carbocycles. The van der Waals surface area contributed by atoms with Gasteiger partial charge < -0.3 is 14.6 Å². The van der Waals surface area contributed by atoms with Crippen LogP contribution in [-0.4, -0.2) is 23.3 Å². The van der Waals surface area contributed by atoms with E-state index in [-0.39, 0.29) is 11.5 Å². The van der Waals surface area contributed by atoms with E-state index in [1.54, 1.807) is 19.1 Å². The maximum Gasteiger partial charge on any atom is 0.334 e. The lowest BCUT2D eigenvalue weighted by Gasteiger charge is -2.30. The van der Waals surface area contributed by atoms with Crippen LogP contribution in [0.5, 0.6) is 0 Å². The van der Waals surface area contributed by atoms with E-state index in [1.807, 2.05) is 0 Å². The highest BCUT2D eigenvalue weighted by atomic mass is 16.7. The van der Waals surface area contributed by atoms with Gasteiger partial charge in [-0.2, -0.15) is 0 Å². The number of hydrogen-bond donors (Lipinski definition) is 1. The van der Waals surface area contributed by atoms with Crippen molar-refractivity contribution in [2.45, 2.75) is 65.1 Å². The average molecular weight is 334 g/mol. The van der Waals surface area contributed by atoms with Crippen LogP contribution in [-0.2, 0) is 19.1 Å². The van der Waals surface area contributed by atoms with Crippen LogP contribution in [0.1, 0.15) is 58.8 Å². The summed E-state index contributed by atoms with van der Waals surface area (Å²) in [6.45, 7) is 3.07. The summed E-state index contributed by atoms with van der Waals surface area (Å²) in [4.78, 5) is 22.7. The number of carboxylic acid groups (broad SMARTS) is 1. The minimum atomic E-state index is -0.970. The molecule has 0 aromatic heterocycles. The van der Waals surface area contributed by atoms with Gasteiger partial charge in [-0.15, -0.1) is 0 Å². The Hall–Kier alpha value is -2.04. The minimum Gasteiger partial charge on any atom is -0.478 e. The van der Waals surface area contributed by atoms with Gasteiger partial charge in [-0.3, -0.25) is 4.79 Å². The molecule has 2 atom stereocenters. The number of allylic oxidation sites excluding steroid dienone is 3. The van der Waals surface area contributed by atoms with Crippen LogP contribution < -0.4 is 0 Å². The molecule has 0 aromatic rings. The molecule has 0 amide bonds. The predicted octanol–water partition coefficient (Wildman–Crippen LogP) is 4.11. The number of esters is 1. The zero-order valence-corrected chi connectivity index (χ0v) is 14.4. The van der Waals surface area contributed by atoms with E-state index in [9.17, 15) is 14.7 Å². The van der Waals surface area contributed by atoms with Crippen LogP contribution in [0.4, 0.5) is 0 Å². The van der Waals surface area contributed by atoms with Crippen molar-refractivity contribution in [1.29, 1.82) is 0 Å². The Balaban J connectivity index is 2.09. The fourth-order valence-corrected chi connectivity index (χ4v) is 3.49. The lowest BCUT2D eigenvalue weighted by atomic mass is 9.75. The highest BCUT2D eigenvalue weighted by Gasteiger charge is 2.28. The first-order valence-corrected chi connectivity index (χ1v) is 8.60. The molecule has 5 nitrogen and oxygen atoms in total. The Morgan fingerprint density at radius 3 is 2.54 bits per heavy atom. The van der Waals surface area contributed by atoms with Crippen molar-refractivity contribution in [3.63, 3.8) is 0 Å². The summed E-state index contributed by atoms with van der Waals surface area (Å²) in [5.41, 5.74) is 3.23. The molecular formula is C19H26O5. The Bertz CT molecular complexity index is 570. The Kier molecular flexibility index (Phi) is 6.64. The van der Waals surface area contributed by atoms with Gasteiger partial charge in [-0.05, 0) is 63.9 Å². The first-order chi connectivity index (χ1) is 11.5. The van der Waals surface area contributed by atoms with Crippen LogP contribution in [0.2, 0.25) is 0 Å². The molecule has 0 bridgehead atoms. The van der Waals surface area contributed by atoms with E-state index in [0.717, 1.165) is 25.7 Å². The number of aliphatic carboxylic acids is 1. The Morgan fingerprint density at radius 2 is 1.92 bits per heavy atom. The number of rotatable bonds is 6. The first-order valence-electron chi connectivity index (χ1n) is 8.60.